The Hall–Kier alpha value is -2.02. The largest absolute Gasteiger partial charge is 0.351 e. The van der Waals surface area contributed by atoms with E-state index >= 15 is 0 Å². The molecule has 3 N–H and O–H groups in total. The number of carbonyl (C=O) groups excluding carboxylic acids is 1. The van der Waals surface area contributed by atoms with Crippen molar-refractivity contribution in [3.05, 3.63) is 35.4 Å². The van der Waals surface area contributed by atoms with E-state index in [9.17, 15) is 13.6 Å². The zero-order valence-corrected chi connectivity index (χ0v) is 15.7. The van der Waals surface area contributed by atoms with Crippen LogP contribution in [0.5, 0.6) is 0 Å². The van der Waals surface area contributed by atoms with Crippen molar-refractivity contribution in [2.45, 2.75) is 58.7 Å². The van der Waals surface area contributed by atoms with Crippen molar-refractivity contribution in [2.24, 2.45) is 4.99 Å². The lowest BCUT2D eigenvalue weighted by Crippen LogP contribution is -2.50. The third kappa shape index (κ3) is 7.60. The fourth-order valence-electron chi connectivity index (χ4n) is 2.17. The van der Waals surface area contributed by atoms with Crippen LogP contribution in [0.2, 0.25) is 0 Å². The zero-order valence-electron chi connectivity index (χ0n) is 15.7. The van der Waals surface area contributed by atoms with Crippen molar-refractivity contribution in [2.75, 3.05) is 7.05 Å². The molecule has 140 valence electrons. The highest BCUT2D eigenvalue weighted by Gasteiger charge is 2.18. The number of guanidine groups is 1. The second-order valence-corrected chi connectivity index (χ2v) is 7.21. The van der Waals surface area contributed by atoms with Crippen molar-refractivity contribution in [3.8, 4) is 0 Å². The van der Waals surface area contributed by atoms with Crippen molar-refractivity contribution < 1.29 is 13.6 Å². The molecular formula is C18H28F2N4O. The Morgan fingerprint density at radius 2 is 1.84 bits per heavy atom. The predicted octanol–water partition coefficient (Wildman–Crippen LogP) is 2.83. The predicted molar refractivity (Wildman–Crippen MR) is 96.7 cm³/mol. The van der Waals surface area contributed by atoms with Gasteiger partial charge in [0, 0.05) is 17.1 Å². The Morgan fingerprint density at radius 3 is 2.36 bits per heavy atom. The highest BCUT2D eigenvalue weighted by Crippen LogP contribution is 2.09. The Morgan fingerprint density at radius 1 is 1.20 bits per heavy atom. The SMILES string of the molecule is CNC(C)CC(C)N=C(NC(=O)c1ccc(F)c(F)c1)NC(C)(C)C. The van der Waals surface area contributed by atoms with Gasteiger partial charge in [-0.25, -0.2) is 13.8 Å². The number of rotatable bonds is 5. The molecule has 0 saturated carbocycles. The van der Waals surface area contributed by atoms with Crippen molar-refractivity contribution in [1.29, 1.82) is 0 Å². The Bertz CT molecular complexity index is 626. The third-order valence-electron chi connectivity index (χ3n) is 3.44. The second-order valence-electron chi connectivity index (χ2n) is 7.21. The minimum atomic E-state index is -1.06. The molecule has 0 heterocycles. The topological polar surface area (TPSA) is 65.5 Å². The first-order chi connectivity index (χ1) is 11.5. The molecule has 0 aliphatic carbocycles. The first-order valence-electron chi connectivity index (χ1n) is 8.31. The van der Waals surface area contributed by atoms with Gasteiger partial charge >= 0.3 is 0 Å². The first-order valence-corrected chi connectivity index (χ1v) is 8.31. The fraction of sp³-hybridized carbons (Fsp3) is 0.556. The zero-order chi connectivity index (χ0) is 19.2. The van der Waals surface area contributed by atoms with Gasteiger partial charge < -0.3 is 10.6 Å². The van der Waals surface area contributed by atoms with Crippen LogP contribution in [0.4, 0.5) is 8.78 Å². The van der Waals surface area contributed by atoms with E-state index in [1.54, 1.807) is 0 Å². The van der Waals surface area contributed by atoms with Crippen molar-refractivity contribution in [3.63, 3.8) is 0 Å². The monoisotopic (exact) mass is 354 g/mol. The van der Waals surface area contributed by atoms with Crippen LogP contribution in [-0.4, -0.2) is 36.5 Å². The van der Waals surface area contributed by atoms with Gasteiger partial charge in [0.1, 0.15) is 0 Å². The third-order valence-corrected chi connectivity index (χ3v) is 3.44. The number of hydrogen-bond acceptors (Lipinski definition) is 3. The van der Waals surface area contributed by atoms with E-state index < -0.39 is 17.5 Å². The molecule has 0 saturated heterocycles. The molecule has 0 radical (unpaired) electrons. The molecule has 1 rings (SSSR count). The summed E-state index contributed by atoms with van der Waals surface area (Å²) in [6.07, 6.45) is 0.785. The molecule has 7 heteroatoms. The molecule has 0 fully saturated rings. The van der Waals surface area contributed by atoms with Crippen LogP contribution in [-0.2, 0) is 0 Å². The summed E-state index contributed by atoms with van der Waals surface area (Å²) in [6, 6.07) is 3.25. The minimum Gasteiger partial charge on any atom is -0.351 e. The lowest BCUT2D eigenvalue weighted by atomic mass is 10.1. The summed E-state index contributed by atoms with van der Waals surface area (Å²) in [5, 5.41) is 8.93. The van der Waals surface area contributed by atoms with E-state index in [1.807, 2.05) is 41.7 Å². The van der Waals surface area contributed by atoms with Gasteiger partial charge in [-0.3, -0.25) is 10.1 Å². The summed E-state index contributed by atoms with van der Waals surface area (Å²) >= 11 is 0. The maximum absolute atomic E-state index is 13.3. The molecule has 0 bridgehead atoms. The average Bonchev–Trinajstić information content (AvgIpc) is 2.47. The Balaban J connectivity index is 2.95. The lowest BCUT2D eigenvalue weighted by Gasteiger charge is -2.25. The van der Waals surface area contributed by atoms with Crippen molar-refractivity contribution in [1.82, 2.24) is 16.0 Å². The Kier molecular flexibility index (Phi) is 7.48. The second kappa shape index (κ2) is 8.89. The maximum atomic E-state index is 13.3. The van der Waals surface area contributed by atoms with Gasteiger partial charge in [-0.1, -0.05) is 0 Å². The van der Waals surface area contributed by atoms with Gasteiger partial charge in [0.15, 0.2) is 17.6 Å². The summed E-state index contributed by atoms with van der Waals surface area (Å²) in [5.41, 5.74) is -0.298. The number of hydrogen-bond donors (Lipinski definition) is 3. The molecule has 2 unspecified atom stereocenters. The highest BCUT2D eigenvalue weighted by molar-refractivity contribution is 6.05. The van der Waals surface area contributed by atoms with E-state index in [0.717, 1.165) is 18.6 Å². The molecule has 1 amide bonds. The van der Waals surface area contributed by atoms with Gasteiger partial charge in [-0.15, -0.1) is 0 Å². The van der Waals surface area contributed by atoms with Crippen LogP contribution in [0.1, 0.15) is 51.4 Å². The number of aliphatic imine (C=N–C) groups is 1. The number of nitrogens with one attached hydrogen (secondary N) is 3. The smallest absolute Gasteiger partial charge is 0.258 e. The van der Waals surface area contributed by atoms with E-state index in [4.69, 9.17) is 0 Å². The summed E-state index contributed by atoms with van der Waals surface area (Å²) in [6.45, 7) is 9.80. The Labute approximate surface area is 148 Å². The summed E-state index contributed by atoms with van der Waals surface area (Å²) in [4.78, 5) is 16.9. The maximum Gasteiger partial charge on any atom is 0.258 e. The fourth-order valence-corrected chi connectivity index (χ4v) is 2.17. The summed E-state index contributed by atoms with van der Waals surface area (Å²) < 4.78 is 26.4. The van der Waals surface area contributed by atoms with Crippen LogP contribution < -0.4 is 16.0 Å². The molecule has 2 atom stereocenters. The van der Waals surface area contributed by atoms with E-state index in [1.165, 1.54) is 6.07 Å². The average molecular weight is 354 g/mol. The molecule has 25 heavy (non-hydrogen) atoms. The molecule has 5 nitrogen and oxygen atoms in total. The molecule has 1 aromatic carbocycles. The molecular weight excluding hydrogens is 326 g/mol. The van der Waals surface area contributed by atoms with Crippen molar-refractivity contribution >= 4 is 11.9 Å². The number of halogens is 2. The minimum absolute atomic E-state index is 0.0264. The number of carbonyl (C=O) groups is 1. The quantitative estimate of drug-likeness (QED) is 0.563. The van der Waals surface area contributed by atoms with Gasteiger partial charge in [0.05, 0.1) is 6.04 Å². The lowest BCUT2D eigenvalue weighted by molar-refractivity contribution is 0.0974. The van der Waals surface area contributed by atoms with Crippen LogP contribution >= 0.6 is 0 Å². The standard InChI is InChI=1S/C18H28F2N4O/c1-11(21-6)9-12(2)22-17(24-18(3,4)5)23-16(25)13-7-8-14(19)15(20)10-13/h7-8,10-12,21H,9H2,1-6H3,(H2,22,23,24,25). The summed E-state index contributed by atoms with van der Waals surface area (Å²) in [5.74, 6) is -2.31. The molecule has 0 spiro atoms. The van der Waals surface area contributed by atoms with Gasteiger partial charge in [-0.05, 0) is 66.3 Å². The highest BCUT2D eigenvalue weighted by atomic mass is 19.2. The molecule has 0 aliphatic heterocycles. The molecule has 0 aromatic heterocycles. The van der Waals surface area contributed by atoms with E-state index in [-0.39, 0.29) is 23.2 Å². The van der Waals surface area contributed by atoms with Crippen LogP contribution in [0, 0.1) is 11.6 Å². The number of amides is 1. The first kappa shape index (κ1) is 21.0. The van der Waals surface area contributed by atoms with E-state index in [0.29, 0.717) is 5.96 Å². The van der Waals surface area contributed by atoms with Gasteiger partial charge in [-0.2, -0.15) is 0 Å². The van der Waals surface area contributed by atoms with Crippen LogP contribution in [0.15, 0.2) is 23.2 Å². The molecule has 0 aliphatic rings. The van der Waals surface area contributed by atoms with Crippen LogP contribution in [0.3, 0.4) is 0 Å². The summed E-state index contributed by atoms with van der Waals surface area (Å²) in [7, 11) is 1.88. The van der Waals surface area contributed by atoms with E-state index in [2.05, 4.69) is 20.9 Å². The number of nitrogens with zero attached hydrogens (tertiary/aromatic N) is 1. The van der Waals surface area contributed by atoms with Crippen LogP contribution in [0.25, 0.3) is 0 Å². The van der Waals surface area contributed by atoms with Gasteiger partial charge in [0.25, 0.3) is 5.91 Å². The number of benzene rings is 1. The normalized spacial score (nSPS) is 14.8. The molecule has 1 aromatic rings. The van der Waals surface area contributed by atoms with Gasteiger partial charge in [0.2, 0.25) is 0 Å².